The van der Waals surface area contributed by atoms with Crippen LogP contribution in [0.15, 0.2) is 36.4 Å². The van der Waals surface area contributed by atoms with Crippen molar-refractivity contribution in [1.29, 1.82) is 0 Å². The summed E-state index contributed by atoms with van der Waals surface area (Å²) in [6, 6.07) is 10.6. The summed E-state index contributed by atoms with van der Waals surface area (Å²) in [5.41, 5.74) is 9.12. The number of anilines is 4. The summed E-state index contributed by atoms with van der Waals surface area (Å²) in [5.74, 6) is -0.0646. The number of rotatable bonds is 3. The Morgan fingerprint density at radius 1 is 1.15 bits per heavy atom. The molecule has 0 saturated heterocycles. The van der Waals surface area contributed by atoms with Crippen LogP contribution in [0.25, 0.3) is 0 Å². The maximum absolute atomic E-state index is 11.2. The Kier molecular flexibility index (Phi) is 3.79. The van der Waals surface area contributed by atoms with Gasteiger partial charge < -0.3 is 21.5 Å². The van der Waals surface area contributed by atoms with Gasteiger partial charge in [0.1, 0.15) is 5.75 Å². The number of nitrogens with one attached hydrogen (secondary N) is 2. The predicted molar refractivity (Wildman–Crippen MR) is 81.3 cm³/mol. The molecule has 0 bridgehead atoms. The van der Waals surface area contributed by atoms with Gasteiger partial charge in [-0.05, 0) is 42.8 Å². The number of hydrogen-bond donors (Lipinski definition) is 4. The molecule has 0 radical (unpaired) electrons. The van der Waals surface area contributed by atoms with Crippen molar-refractivity contribution >= 4 is 28.7 Å². The van der Waals surface area contributed by atoms with Crippen LogP contribution in [0.2, 0.25) is 0 Å². The highest BCUT2D eigenvalue weighted by Gasteiger charge is 2.08. The molecule has 104 valence electrons. The highest BCUT2D eigenvalue weighted by Crippen LogP contribution is 2.32. The molecule has 2 aromatic carbocycles. The van der Waals surface area contributed by atoms with E-state index in [1.165, 1.54) is 13.0 Å². The van der Waals surface area contributed by atoms with E-state index in [1.807, 2.05) is 12.1 Å². The number of hydrogen-bond acceptors (Lipinski definition) is 4. The van der Waals surface area contributed by atoms with Gasteiger partial charge in [0.15, 0.2) is 0 Å². The highest BCUT2D eigenvalue weighted by atomic mass is 16.3. The van der Waals surface area contributed by atoms with Crippen molar-refractivity contribution in [1.82, 2.24) is 0 Å². The molecule has 0 heterocycles. The average molecular weight is 271 g/mol. The van der Waals surface area contributed by atoms with Crippen LogP contribution in [0, 0.1) is 6.92 Å². The van der Waals surface area contributed by atoms with Crippen LogP contribution in [-0.4, -0.2) is 11.0 Å². The van der Waals surface area contributed by atoms with Crippen molar-refractivity contribution in [3.05, 3.63) is 42.0 Å². The topological polar surface area (TPSA) is 87.4 Å². The number of carbonyl (C=O) groups excluding carboxylic acids is 1. The quantitative estimate of drug-likeness (QED) is 0.510. The third-order valence-electron chi connectivity index (χ3n) is 2.84. The molecule has 0 aliphatic rings. The number of amides is 1. The van der Waals surface area contributed by atoms with Gasteiger partial charge >= 0.3 is 0 Å². The summed E-state index contributed by atoms with van der Waals surface area (Å²) in [7, 11) is 0. The second-order valence-electron chi connectivity index (χ2n) is 4.61. The number of aromatic hydroxyl groups is 1. The minimum absolute atomic E-state index is 0.136. The van der Waals surface area contributed by atoms with Crippen LogP contribution in [0.1, 0.15) is 12.5 Å². The van der Waals surface area contributed by atoms with Gasteiger partial charge in [-0.2, -0.15) is 0 Å². The Bertz CT molecular complexity index is 636. The van der Waals surface area contributed by atoms with Gasteiger partial charge in [0.2, 0.25) is 5.91 Å². The fourth-order valence-electron chi connectivity index (χ4n) is 1.81. The van der Waals surface area contributed by atoms with E-state index in [-0.39, 0.29) is 11.7 Å². The molecule has 0 unspecified atom stereocenters. The van der Waals surface area contributed by atoms with Crippen LogP contribution in [-0.2, 0) is 4.79 Å². The summed E-state index contributed by atoms with van der Waals surface area (Å²) in [6.07, 6.45) is 0. The van der Waals surface area contributed by atoms with Crippen molar-refractivity contribution in [2.45, 2.75) is 13.8 Å². The Morgan fingerprint density at radius 2 is 1.80 bits per heavy atom. The van der Waals surface area contributed by atoms with E-state index in [0.717, 1.165) is 11.3 Å². The van der Waals surface area contributed by atoms with Gasteiger partial charge in [-0.25, -0.2) is 0 Å². The molecule has 0 saturated carbocycles. The zero-order valence-electron chi connectivity index (χ0n) is 11.4. The smallest absolute Gasteiger partial charge is 0.221 e. The minimum atomic E-state index is -0.200. The maximum Gasteiger partial charge on any atom is 0.221 e. The molecular weight excluding hydrogens is 254 g/mol. The van der Waals surface area contributed by atoms with Gasteiger partial charge in [-0.3, -0.25) is 4.79 Å². The second kappa shape index (κ2) is 5.52. The lowest BCUT2D eigenvalue weighted by Gasteiger charge is -2.14. The zero-order valence-corrected chi connectivity index (χ0v) is 11.4. The van der Waals surface area contributed by atoms with E-state index in [9.17, 15) is 9.90 Å². The largest absolute Gasteiger partial charge is 0.508 e. The van der Waals surface area contributed by atoms with E-state index >= 15 is 0 Å². The molecule has 2 rings (SSSR count). The molecule has 20 heavy (non-hydrogen) atoms. The predicted octanol–water partition coefficient (Wildman–Crippen LogP) is 2.98. The van der Waals surface area contributed by atoms with Crippen molar-refractivity contribution in [3.8, 4) is 5.75 Å². The molecule has 1 amide bonds. The molecule has 0 aliphatic heterocycles. The average Bonchev–Trinajstić information content (AvgIpc) is 2.37. The fraction of sp³-hybridized carbons (Fsp3) is 0.133. The summed E-state index contributed by atoms with van der Waals surface area (Å²) >= 11 is 0. The fourth-order valence-corrected chi connectivity index (χ4v) is 1.81. The summed E-state index contributed by atoms with van der Waals surface area (Å²) in [6.45, 7) is 3.21. The number of benzene rings is 2. The van der Waals surface area contributed by atoms with Gasteiger partial charge in [0, 0.05) is 24.4 Å². The Labute approximate surface area is 117 Å². The van der Waals surface area contributed by atoms with E-state index in [0.29, 0.717) is 17.1 Å². The van der Waals surface area contributed by atoms with Crippen molar-refractivity contribution < 1.29 is 9.90 Å². The van der Waals surface area contributed by atoms with Crippen LogP contribution in [0.4, 0.5) is 22.7 Å². The molecule has 0 fully saturated rings. The zero-order chi connectivity index (χ0) is 14.7. The number of nitrogens with two attached hydrogens (primary N) is 1. The second-order valence-corrected chi connectivity index (χ2v) is 4.61. The van der Waals surface area contributed by atoms with Gasteiger partial charge in [-0.1, -0.05) is 0 Å². The summed E-state index contributed by atoms with van der Waals surface area (Å²) < 4.78 is 0. The Balaban J connectivity index is 2.36. The molecular formula is C15H17N3O2. The van der Waals surface area contributed by atoms with Crippen molar-refractivity contribution in [2.75, 3.05) is 16.4 Å². The molecule has 0 atom stereocenters. The molecule has 5 nitrogen and oxygen atoms in total. The van der Waals surface area contributed by atoms with Crippen LogP contribution >= 0.6 is 0 Å². The minimum Gasteiger partial charge on any atom is -0.508 e. The standard InChI is InChI=1S/C15H17N3O2/c1-9-7-13(14(8-15(9)20)17-10(2)19)18-12-5-3-11(16)4-6-12/h3-8,18,20H,16H2,1-2H3,(H,17,19). The Morgan fingerprint density at radius 3 is 2.40 bits per heavy atom. The first kappa shape index (κ1) is 13.7. The molecule has 0 aromatic heterocycles. The number of aryl methyl sites for hydroxylation is 1. The first-order valence-electron chi connectivity index (χ1n) is 6.19. The molecule has 2 aromatic rings. The first-order valence-corrected chi connectivity index (χ1v) is 6.19. The third kappa shape index (κ3) is 3.20. The summed E-state index contributed by atoms with van der Waals surface area (Å²) in [5, 5.41) is 15.6. The molecule has 5 N–H and O–H groups in total. The highest BCUT2D eigenvalue weighted by molar-refractivity contribution is 5.94. The number of phenolic OH excluding ortho intramolecular Hbond substituents is 1. The van der Waals surface area contributed by atoms with E-state index in [1.54, 1.807) is 25.1 Å². The van der Waals surface area contributed by atoms with Gasteiger partial charge in [0.05, 0.1) is 11.4 Å². The van der Waals surface area contributed by atoms with Crippen LogP contribution in [0.3, 0.4) is 0 Å². The summed E-state index contributed by atoms with van der Waals surface area (Å²) in [4.78, 5) is 11.2. The number of carbonyl (C=O) groups is 1. The monoisotopic (exact) mass is 271 g/mol. The third-order valence-corrected chi connectivity index (χ3v) is 2.84. The number of phenols is 1. The van der Waals surface area contributed by atoms with E-state index in [4.69, 9.17) is 5.73 Å². The van der Waals surface area contributed by atoms with Crippen molar-refractivity contribution in [3.63, 3.8) is 0 Å². The normalized spacial score (nSPS) is 10.1. The molecule has 0 aliphatic carbocycles. The Hall–Kier alpha value is -2.69. The lowest BCUT2D eigenvalue weighted by molar-refractivity contribution is -0.114. The number of nitrogen functional groups attached to an aromatic ring is 1. The van der Waals surface area contributed by atoms with E-state index in [2.05, 4.69) is 10.6 Å². The lowest BCUT2D eigenvalue weighted by atomic mass is 10.1. The first-order chi connectivity index (χ1) is 9.45. The van der Waals surface area contributed by atoms with Crippen LogP contribution in [0.5, 0.6) is 5.75 Å². The lowest BCUT2D eigenvalue weighted by Crippen LogP contribution is -2.08. The molecule has 0 spiro atoms. The van der Waals surface area contributed by atoms with Crippen LogP contribution < -0.4 is 16.4 Å². The van der Waals surface area contributed by atoms with E-state index < -0.39 is 0 Å². The van der Waals surface area contributed by atoms with Crippen molar-refractivity contribution in [2.24, 2.45) is 0 Å². The molecule has 5 heteroatoms. The van der Waals surface area contributed by atoms with Gasteiger partial charge in [-0.15, -0.1) is 0 Å². The maximum atomic E-state index is 11.2. The van der Waals surface area contributed by atoms with Gasteiger partial charge in [0.25, 0.3) is 0 Å². The SMILES string of the molecule is CC(=O)Nc1cc(O)c(C)cc1Nc1ccc(N)cc1.